The summed E-state index contributed by atoms with van der Waals surface area (Å²) in [7, 11) is -2.28. The maximum atomic E-state index is 12.9. The molecule has 0 aromatic heterocycles. The Balaban J connectivity index is 2.46. The van der Waals surface area contributed by atoms with Crippen LogP contribution in [0.4, 0.5) is 0 Å². The van der Waals surface area contributed by atoms with E-state index in [1.54, 1.807) is 48.5 Å². The van der Waals surface area contributed by atoms with Gasteiger partial charge >= 0.3 is 0 Å². The maximum Gasteiger partial charge on any atom is 0.164 e. The molecule has 4 nitrogen and oxygen atoms in total. The van der Waals surface area contributed by atoms with E-state index >= 15 is 0 Å². The minimum Gasteiger partial charge on any atom is -0.390 e. The molecule has 0 heterocycles. The molecule has 0 radical (unpaired) electrons. The van der Waals surface area contributed by atoms with Crippen LogP contribution < -0.4 is 0 Å². The van der Waals surface area contributed by atoms with Crippen molar-refractivity contribution < 1.29 is 18.3 Å². The Labute approximate surface area is 151 Å². The molecule has 0 saturated carbocycles. The van der Waals surface area contributed by atoms with Crippen LogP contribution in [0.25, 0.3) is 0 Å². The van der Waals surface area contributed by atoms with Crippen LogP contribution in [0, 0.1) is 0 Å². The van der Waals surface area contributed by atoms with Gasteiger partial charge in [0.05, 0.1) is 18.5 Å². The van der Waals surface area contributed by atoms with Gasteiger partial charge in [0.25, 0.3) is 0 Å². The van der Waals surface area contributed by atoms with Gasteiger partial charge in [0.15, 0.2) is 9.84 Å². The summed E-state index contributed by atoms with van der Waals surface area (Å²) in [6.07, 6.45) is -1.10. The van der Waals surface area contributed by atoms with E-state index in [0.717, 1.165) is 0 Å². The molecule has 1 unspecified atom stereocenters. The fourth-order valence-corrected chi connectivity index (χ4v) is 4.71. The number of halogens is 2. The highest BCUT2D eigenvalue weighted by atomic mass is 35.5. The number of hydrogen-bond donors (Lipinski definition) is 1. The van der Waals surface area contributed by atoms with Gasteiger partial charge in [0.1, 0.15) is 5.25 Å². The molecule has 2 aromatic rings. The van der Waals surface area contributed by atoms with Crippen LogP contribution in [0.2, 0.25) is 10.0 Å². The molecule has 0 aliphatic rings. The Hall–Kier alpha value is -1.11. The lowest BCUT2D eigenvalue weighted by Gasteiger charge is -2.21. The molecule has 0 saturated heterocycles. The number of sulfone groups is 1. The SMILES string of the molecule is COCC(O)CS(=O)(=O)C(c1ccc(Cl)cc1)c1ccc(Cl)cc1. The Morgan fingerprint density at radius 2 is 1.38 bits per heavy atom. The molecule has 0 aliphatic carbocycles. The lowest BCUT2D eigenvalue weighted by atomic mass is 10.0. The van der Waals surface area contributed by atoms with Crippen molar-refractivity contribution in [3.05, 3.63) is 69.7 Å². The fraction of sp³-hybridized carbons (Fsp3) is 0.294. The van der Waals surface area contributed by atoms with Gasteiger partial charge in [-0.3, -0.25) is 0 Å². The molecule has 0 fully saturated rings. The minimum absolute atomic E-state index is 0.0484. The van der Waals surface area contributed by atoms with E-state index < -0.39 is 26.9 Å². The number of methoxy groups -OCH3 is 1. The van der Waals surface area contributed by atoms with E-state index in [-0.39, 0.29) is 6.61 Å². The lowest BCUT2D eigenvalue weighted by Crippen LogP contribution is -2.29. The zero-order valence-corrected chi connectivity index (χ0v) is 15.4. The van der Waals surface area contributed by atoms with Crippen molar-refractivity contribution in [2.45, 2.75) is 11.4 Å². The van der Waals surface area contributed by atoms with E-state index in [9.17, 15) is 13.5 Å². The van der Waals surface area contributed by atoms with Crippen LogP contribution in [0.15, 0.2) is 48.5 Å². The zero-order chi connectivity index (χ0) is 17.7. The van der Waals surface area contributed by atoms with Gasteiger partial charge in [-0.25, -0.2) is 8.42 Å². The molecule has 0 aliphatic heterocycles. The largest absolute Gasteiger partial charge is 0.390 e. The first kappa shape index (κ1) is 19.2. The summed E-state index contributed by atoms with van der Waals surface area (Å²) < 4.78 is 30.6. The van der Waals surface area contributed by atoms with E-state index in [0.29, 0.717) is 21.2 Å². The molecule has 0 bridgehead atoms. The molecule has 24 heavy (non-hydrogen) atoms. The highest BCUT2D eigenvalue weighted by Gasteiger charge is 2.31. The van der Waals surface area contributed by atoms with Crippen LogP contribution in [0.1, 0.15) is 16.4 Å². The summed E-state index contributed by atoms with van der Waals surface area (Å²) in [5, 5.41) is 9.99. The Kier molecular flexibility index (Phi) is 6.66. The van der Waals surface area contributed by atoms with Crippen LogP contribution >= 0.6 is 23.2 Å². The predicted octanol–water partition coefficient (Wildman–Crippen LogP) is 3.50. The molecule has 7 heteroatoms. The van der Waals surface area contributed by atoms with Crippen molar-refractivity contribution in [3.63, 3.8) is 0 Å². The van der Waals surface area contributed by atoms with Crippen molar-refractivity contribution in [2.75, 3.05) is 19.5 Å². The summed E-state index contributed by atoms with van der Waals surface area (Å²) in [5.74, 6) is -0.406. The average molecular weight is 389 g/mol. The topological polar surface area (TPSA) is 63.6 Å². The van der Waals surface area contributed by atoms with Gasteiger partial charge in [-0.2, -0.15) is 0 Å². The second-order valence-electron chi connectivity index (χ2n) is 5.42. The Morgan fingerprint density at radius 1 is 0.958 bits per heavy atom. The molecule has 0 amide bonds. The lowest BCUT2D eigenvalue weighted by molar-refractivity contribution is 0.0782. The van der Waals surface area contributed by atoms with Gasteiger partial charge in [0, 0.05) is 17.2 Å². The fourth-order valence-electron chi connectivity index (χ4n) is 2.49. The van der Waals surface area contributed by atoms with Gasteiger partial charge in [-0.05, 0) is 35.4 Å². The second-order valence-corrected chi connectivity index (χ2v) is 8.43. The van der Waals surface area contributed by atoms with Crippen molar-refractivity contribution in [3.8, 4) is 0 Å². The third-order valence-corrected chi connectivity index (χ3v) is 6.10. The molecule has 2 rings (SSSR count). The average Bonchev–Trinajstić information content (AvgIpc) is 2.51. The van der Waals surface area contributed by atoms with E-state index in [1.165, 1.54) is 7.11 Å². The first-order valence-corrected chi connectivity index (χ1v) is 9.70. The van der Waals surface area contributed by atoms with Gasteiger partial charge in [0.2, 0.25) is 0 Å². The second kappa shape index (κ2) is 8.32. The van der Waals surface area contributed by atoms with E-state index in [4.69, 9.17) is 27.9 Å². The Morgan fingerprint density at radius 3 is 1.75 bits per heavy atom. The molecular weight excluding hydrogens is 371 g/mol. The van der Waals surface area contributed by atoms with Crippen molar-refractivity contribution >= 4 is 33.0 Å². The van der Waals surface area contributed by atoms with Crippen molar-refractivity contribution in [1.29, 1.82) is 0 Å². The summed E-state index contributed by atoms with van der Waals surface area (Å²) in [6.45, 7) is -0.0484. The van der Waals surface area contributed by atoms with Crippen molar-refractivity contribution in [2.24, 2.45) is 0 Å². The Bertz CT molecular complexity index is 713. The number of ether oxygens (including phenoxy) is 1. The molecule has 130 valence electrons. The molecule has 2 aromatic carbocycles. The first-order chi connectivity index (χ1) is 11.3. The summed E-state index contributed by atoms with van der Waals surface area (Å²) in [4.78, 5) is 0. The quantitative estimate of drug-likeness (QED) is 0.787. The monoisotopic (exact) mass is 388 g/mol. The van der Waals surface area contributed by atoms with E-state index in [2.05, 4.69) is 0 Å². The predicted molar refractivity (Wildman–Crippen MR) is 96.4 cm³/mol. The number of hydrogen-bond acceptors (Lipinski definition) is 4. The molecule has 1 atom stereocenters. The number of benzene rings is 2. The van der Waals surface area contributed by atoms with Crippen LogP contribution in [-0.4, -0.2) is 39.1 Å². The summed E-state index contributed by atoms with van der Waals surface area (Å²) >= 11 is 11.8. The van der Waals surface area contributed by atoms with Gasteiger partial charge < -0.3 is 9.84 Å². The summed E-state index contributed by atoms with van der Waals surface area (Å²) in [5.41, 5.74) is 1.15. The first-order valence-electron chi connectivity index (χ1n) is 7.23. The molecule has 1 N–H and O–H groups in total. The highest BCUT2D eigenvalue weighted by Crippen LogP contribution is 2.32. The highest BCUT2D eigenvalue weighted by molar-refractivity contribution is 7.91. The van der Waals surface area contributed by atoms with Crippen LogP contribution in [0.3, 0.4) is 0 Å². The van der Waals surface area contributed by atoms with Crippen LogP contribution in [-0.2, 0) is 14.6 Å². The normalized spacial score (nSPS) is 13.2. The van der Waals surface area contributed by atoms with E-state index in [1.807, 2.05) is 0 Å². The number of rotatable bonds is 7. The van der Waals surface area contributed by atoms with Crippen molar-refractivity contribution in [1.82, 2.24) is 0 Å². The minimum atomic E-state index is -3.69. The molecular formula is C17H18Cl2O4S. The third kappa shape index (κ3) is 4.94. The van der Waals surface area contributed by atoms with Gasteiger partial charge in [-0.15, -0.1) is 0 Å². The zero-order valence-electron chi connectivity index (χ0n) is 13.0. The maximum absolute atomic E-state index is 12.9. The van der Waals surface area contributed by atoms with Crippen LogP contribution in [0.5, 0.6) is 0 Å². The third-order valence-electron chi connectivity index (χ3n) is 3.49. The summed E-state index contributed by atoms with van der Waals surface area (Å²) in [6, 6.07) is 13.2. The smallest absolute Gasteiger partial charge is 0.164 e. The molecule has 0 spiro atoms. The standard InChI is InChI=1S/C17H18Cl2O4S/c1-23-10-16(20)11-24(21,22)17(12-2-6-14(18)7-3-12)13-4-8-15(19)9-5-13/h2-9,16-17,20H,10-11H2,1H3. The number of aliphatic hydroxyl groups excluding tert-OH is 1. The number of aliphatic hydroxyl groups is 1. The van der Waals surface area contributed by atoms with Gasteiger partial charge in [-0.1, -0.05) is 47.5 Å².